The Kier molecular flexibility index (Phi) is 5.61. The number of aryl methyl sites for hydroxylation is 2. The highest BCUT2D eigenvalue weighted by Gasteiger charge is 2.21. The van der Waals surface area contributed by atoms with E-state index in [0.717, 1.165) is 32.5 Å². The maximum absolute atomic E-state index is 12.4. The SMILES string of the molecule is Cc1cc(CNC(C)C(=O)N2CCCCCC2)sc1C. The second-order valence-electron chi connectivity index (χ2n) is 5.79. The van der Waals surface area contributed by atoms with Crippen LogP contribution in [0.1, 0.15) is 47.9 Å². The van der Waals surface area contributed by atoms with Crippen LogP contribution in [0.4, 0.5) is 0 Å². The summed E-state index contributed by atoms with van der Waals surface area (Å²) in [5.41, 5.74) is 1.35. The van der Waals surface area contributed by atoms with Gasteiger partial charge in [-0.1, -0.05) is 12.8 Å². The highest BCUT2D eigenvalue weighted by molar-refractivity contribution is 7.12. The van der Waals surface area contributed by atoms with E-state index in [4.69, 9.17) is 0 Å². The van der Waals surface area contributed by atoms with Crippen LogP contribution in [0.3, 0.4) is 0 Å². The summed E-state index contributed by atoms with van der Waals surface area (Å²) < 4.78 is 0. The fourth-order valence-electron chi connectivity index (χ4n) is 2.64. The quantitative estimate of drug-likeness (QED) is 0.924. The van der Waals surface area contributed by atoms with Crippen LogP contribution < -0.4 is 5.32 Å². The molecule has 1 aromatic heterocycles. The Labute approximate surface area is 126 Å². The first-order valence-electron chi connectivity index (χ1n) is 7.66. The predicted octanol–water partition coefficient (Wildman–Crippen LogP) is 3.25. The van der Waals surface area contributed by atoms with Crippen LogP contribution in [0.5, 0.6) is 0 Å². The first kappa shape index (κ1) is 15.5. The summed E-state index contributed by atoms with van der Waals surface area (Å²) in [6.45, 7) is 8.93. The second-order valence-corrected chi connectivity index (χ2v) is 7.13. The average Bonchev–Trinajstić information content (AvgIpc) is 2.65. The molecule has 1 aliphatic rings. The van der Waals surface area contributed by atoms with Crippen molar-refractivity contribution in [1.29, 1.82) is 0 Å². The minimum atomic E-state index is -0.0872. The smallest absolute Gasteiger partial charge is 0.239 e. The van der Waals surface area contributed by atoms with Crippen LogP contribution in [0.2, 0.25) is 0 Å². The normalized spacial score (nSPS) is 17.9. The Morgan fingerprint density at radius 3 is 2.50 bits per heavy atom. The molecular formula is C16H26N2OS. The lowest BCUT2D eigenvalue weighted by atomic mass is 10.2. The van der Waals surface area contributed by atoms with Gasteiger partial charge in [-0.25, -0.2) is 0 Å². The number of hydrogen-bond donors (Lipinski definition) is 1. The van der Waals surface area contributed by atoms with Crippen molar-refractivity contribution >= 4 is 17.2 Å². The van der Waals surface area contributed by atoms with Crippen molar-refractivity contribution in [3.05, 3.63) is 21.4 Å². The zero-order chi connectivity index (χ0) is 14.5. The molecule has 1 N–H and O–H groups in total. The third-order valence-corrected chi connectivity index (χ3v) is 5.24. The van der Waals surface area contributed by atoms with E-state index in [1.165, 1.54) is 28.2 Å². The molecule has 20 heavy (non-hydrogen) atoms. The molecule has 0 spiro atoms. The second kappa shape index (κ2) is 7.23. The highest BCUT2D eigenvalue weighted by atomic mass is 32.1. The van der Waals surface area contributed by atoms with Crippen LogP contribution >= 0.6 is 11.3 Å². The van der Waals surface area contributed by atoms with Crippen LogP contribution in [0, 0.1) is 13.8 Å². The van der Waals surface area contributed by atoms with E-state index in [1.54, 1.807) is 0 Å². The first-order chi connectivity index (χ1) is 9.58. The molecular weight excluding hydrogens is 268 g/mol. The zero-order valence-electron chi connectivity index (χ0n) is 12.9. The molecule has 4 heteroatoms. The van der Waals surface area contributed by atoms with Crippen molar-refractivity contribution in [2.24, 2.45) is 0 Å². The van der Waals surface area contributed by atoms with Crippen LogP contribution in [0.15, 0.2) is 6.07 Å². The zero-order valence-corrected chi connectivity index (χ0v) is 13.7. The van der Waals surface area contributed by atoms with Crippen LogP contribution in [-0.4, -0.2) is 29.9 Å². The van der Waals surface area contributed by atoms with Gasteiger partial charge in [-0.15, -0.1) is 11.3 Å². The van der Waals surface area contributed by atoms with Crippen molar-refractivity contribution in [3.8, 4) is 0 Å². The molecule has 1 atom stereocenters. The molecule has 1 aromatic rings. The third-order valence-electron chi connectivity index (χ3n) is 4.09. The number of nitrogens with zero attached hydrogens (tertiary/aromatic N) is 1. The largest absolute Gasteiger partial charge is 0.341 e. The van der Waals surface area contributed by atoms with E-state index >= 15 is 0 Å². The van der Waals surface area contributed by atoms with Gasteiger partial charge in [0.25, 0.3) is 0 Å². The topological polar surface area (TPSA) is 32.3 Å². The maximum Gasteiger partial charge on any atom is 0.239 e. The number of thiophene rings is 1. The monoisotopic (exact) mass is 294 g/mol. The first-order valence-corrected chi connectivity index (χ1v) is 8.47. The molecule has 1 fully saturated rings. The maximum atomic E-state index is 12.4. The van der Waals surface area contributed by atoms with E-state index in [2.05, 4.69) is 25.2 Å². The van der Waals surface area contributed by atoms with E-state index in [1.807, 2.05) is 23.2 Å². The molecule has 0 radical (unpaired) electrons. The fraction of sp³-hybridized carbons (Fsp3) is 0.688. The summed E-state index contributed by atoms with van der Waals surface area (Å²) in [7, 11) is 0. The van der Waals surface area contributed by atoms with Gasteiger partial charge in [0, 0.05) is 29.4 Å². The van der Waals surface area contributed by atoms with Gasteiger partial charge in [-0.3, -0.25) is 4.79 Å². The lowest BCUT2D eigenvalue weighted by Crippen LogP contribution is -2.44. The lowest BCUT2D eigenvalue weighted by molar-refractivity contribution is -0.133. The summed E-state index contributed by atoms with van der Waals surface area (Å²) >= 11 is 1.82. The molecule has 3 nitrogen and oxygen atoms in total. The molecule has 1 amide bonds. The van der Waals surface area contributed by atoms with Gasteiger partial charge < -0.3 is 10.2 Å². The number of likely N-dealkylation sites (tertiary alicyclic amines) is 1. The van der Waals surface area contributed by atoms with Crippen LogP contribution in [-0.2, 0) is 11.3 Å². The molecule has 2 heterocycles. The van der Waals surface area contributed by atoms with E-state index < -0.39 is 0 Å². The van der Waals surface area contributed by atoms with Crippen molar-refractivity contribution in [3.63, 3.8) is 0 Å². The third kappa shape index (κ3) is 4.06. The number of carbonyl (C=O) groups excluding carboxylic acids is 1. The Morgan fingerprint density at radius 2 is 1.95 bits per heavy atom. The summed E-state index contributed by atoms with van der Waals surface area (Å²) in [4.78, 5) is 17.1. The van der Waals surface area contributed by atoms with E-state index in [9.17, 15) is 4.79 Å². The molecule has 1 aliphatic heterocycles. The van der Waals surface area contributed by atoms with Crippen LogP contribution in [0.25, 0.3) is 0 Å². The fourth-order valence-corrected chi connectivity index (χ4v) is 3.65. The van der Waals surface area contributed by atoms with E-state index in [-0.39, 0.29) is 11.9 Å². The van der Waals surface area contributed by atoms with Gasteiger partial charge in [-0.05, 0) is 45.2 Å². The van der Waals surface area contributed by atoms with Crippen molar-refractivity contribution in [2.45, 2.75) is 59.0 Å². The van der Waals surface area contributed by atoms with Gasteiger partial charge >= 0.3 is 0 Å². The number of amides is 1. The predicted molar refractivity (Wildman–Crippen MR) is 85.1 cm³/mol. The molecule has 0 aliphatic carbocycles. The Hall–Kier alpha value is -0.870. The minimum Gasteiger partial charge on any atom is -0.341 e. The highest BCUT2D eigenvalue weighted by Crippen LogP contribution is 2.20. The van der Waals surface area contributed by atoms with Gasteiger partial charge in [0.1, 0.15) is 0 Å². The van der Waals surface area contributed by atoms with Crippen molar-refractivity contribution in [2.75, 3.05) is 13.1 Å². The Balaban J connectivity index is 1.84. The number of rotatable bonds is 4. The average molecular weight is 294 g/mol. The Bertz CT molecular complexity index is 428. The molecule has 0 bridgehead atoms. The number of hydrogen-bond acceptors (Lipinski definition) is 3. The van der Waals surface area contributed by atoms with Gasteiger partial charge in [-0.2, -0.15) is 0 Å². The molecule has 1 unspecified atom stereocenters. The summed E-state index contributed by atoms with van der Waals surface area (Å²) in [5.74, 6) is 0.261. The molecule has 1 saturated heterocycles. The molecule has 0 saturated carbocycles. The standard InChI is InChI=1S/C16H26N2OS/c1-12-10-15(20-14(12)3)11-17-13(2)16(19)18-8-6-4-5-7-9-18/h10,13,17H,4-9,11H2,1-3H3. The molecule has 0 aromatic carbocycles. The number of nitrogens with one attached hydrogen (secondary N) is 1. The van der Waals surface area contributed by atoms with Gasteiger partial charge in [0.15, 0.2) is 0 Å². The van der Waals surface area contributed by atoms with Crippen molar-refractivity contribution in [1.82, 2.24) is 10.2 Å². The van der Waals surface area contributed by atoms with Gasteiger partial charge in [0.2, 0.25) is 5.91 Å². The van der Waals surface area contributed by atoms with E-state index in [0.29, 0.717) is 0 Å². The number of carbonyl (C=O) groups is 1. The molecule has 112 valence electrons. The molecule has 2 rings (SSSR count). The summed E-state index contributed by atoms with van der Waals surface area (Å²) in [6, 6.07) is 2.13. The van der Waals surface area contributed by atoms with Crippen molar-refractivity contribution < 1.29 is 4.79 Å². The lowest BCUT2D eigenvalue weighted by Gasteiger charge is -2.24. The summed E-state index contributed by atoms with van der Waals surface area (Å²) in [6.07, 6.45) is 4.84. The van der Waals surface area contributed by atoms with Gasteiger partial charge in [0.05, 0.1) is 6.04 Å². The Morgan fingerprint density at radius 1 is 1.30 bits per heavy atom. The minimum absolute atomic E-state index is 0.0872. The summed E-state index contributed by atoms with van der Waals surface area (Å²) in [5, 5.41) is 3.38.